The summed E-state index contributed by atoms with van der Waals surface area (Å²) in [6.07, 6.45) is 5.36. The van der Waals surface area contributed by atoms with E-state index < -0.39 is 18.2 Å². The molecule has 2 aliphatic heterocycles. The Kier molecular flexibility index (Phi) is 12.7. The van der Waals surface area contributed by atoms with Crippen LogP contribution in [0.2, 0.25) is 0 Å². The number of carbonyl (C=O) groups excluding carboxylic acids is 2. The maximum atomic E-state index is 15.0. The SMILES string of the molecule is CO.Cc1cc(Nc2nccn3c(-c4ccc(OCC#N)c(F)c4F)cnc23)ccc1C(=O)N1CCN(C(=O)C2C[C@H](C)CN2)CC1.O=CO. The van der Waals surface area contributed by atoms with Crippen LogP contribution in [0.5, 0.6) is 5.75 Å². The minimum Gasteiger partial charge on any atom is -0.483 e. The molecule has 0 aliphatic carbocycles. The molecule has 1 unspecified atom stereocenters. The van der Waals surface area contributed by atoms with Crippen molar-refractivity contribution in [1.29, 1.82) is 5.26 Å². The zero-order chi connectivity index (χ0) is 36.4. The first-order valence-electron chi connectivity index (χ1n) is 15.7. The summed E-state index contributed by atoms with van der Waals surface area (Å²) in [4.78, 5) is 47.0. The molecule has 2 saturated heterocycles. The average Bonchev–Trinajstić information content (AvgIpc) is 3.77. The summed E-state index contributed by atoms with van der Waals surface area (Å²) < 4.78 is 36.1. The number of piperazine rings is 1. The molecule has 2 aliphatic rings. The van der Waals surface area contributed by atoms with Crippen LogP contribution in [0.3, 0.4) is 0 Å². The highest BCUT2D eigenvalue weighted by molar-refractivity contribution is 5.96. The molecule has 0 radical (unpaired) electrons. The summed E-state index contributed by atoms with van der Waals surface area (Å²) >= 11 is 0. The molecule has 14 nitrogen and oxygen atoms in total. The number of rotatable bonds is 7. The Morgan fingerprint density at radius 1 is 1.12 bits per heavy atom. The highest BCUT2D eigenvalue weighted by Crippen LogP contribution is 2.32. The number of benzene rings is 2. The van der Waals surface area contributed by atoms with E-state index >= 15 is 0 Å². The third-order valence-electron chi connectivity index (χ3n) is 8.29. The van der Waals surface area contributed by atoms with E-state index in [1.165, 1.54) is 24.5 Å². The molecule has 50 heavy (non-hydrogen) atoms. The van der Waals surface area contributed by atoms with Gasteiger partial charge in [0.1, 0.15) is 6.07 Å². The number of ether oxygens (including phenoxy) is 1. The second-order valence-electron chi connectivity index (χ2n) is 11.5. The molecule has 0 spiro atoms. The van der Waals surface area contributed by atoms with Gasteiger partial charge in [0, 0.05) is 62.5 Å². The van der Waals surface area contributed by atoms with Crippen LogP contribution in [0.4, 0.5) is 20.3 Å². The number of aromatic nitrogens is 3. The van der Waals surface area contributed by atoms with Gasteiger partial charge >= 0.3 is 0 Å². The van der Waals surface area contributed by atoms with Gasteiger partial charge in [0.25, 0.3) is 12.4 Å². The molecule has 0 saturated carbocycles. The van der Waals surface area contributed by atoms with E-state index in [1.807, 2.05) is 17.9 Å². The van der Waals surface area contributed by atoms with Gasteiger partial charge in [-0.05, 0) is 61.7 Å². The molecule has 6 rings (SSSR count). The lowest BCUT2D eigenvalue weighted by Gasteiger charge is -2.36. The number of hydrogen-bond donors (Lipinski definition) is 4. The number of halogens is 2. The molecule has 2 atom stereocenters. The van der Waals surface area contributed by atoms with E-state index in [-0.39, 0.29) is 35.6 Å². The number of nitriles is 1. The standard InChI is InChI=1S/C32H32F2N8O3.CH2O2.CH4O/c1-19-15-24(37-17-19)32(44)41-12-10-40(11-13-41)31(43)22-4-3-21(16-20(22)2)39-29-30-38-18-25(42(30)9-8-36-29)23-5-6-26(45-14-7-35)28(34)27(23)33;2-1-3;1-2/h3-6,8-9,16,18-19,24,37H,10-15,17H2,1-2H3,(H,36,39);1H,(H,2,3);2H,1H3/t19-,24?;;/m0../s1. The predicted octanol–water partition coefficient (Wildman–Crippen LogP) is 3.22. The molecular weight excluding hydrogens is 654 g/mol. The molecule has 264 valence electrons. The molecule has 4 heterocycles. The van der Waals surface area contributed by atoms with Gasteiger partial charge in [0.2, 0.25) is 11.7 Å². The van der Waals surface area contributed by atoms with Crippen LogP contribution in [-0.4, -0.2) is 105 Å². The Morgan fingerprint density at radius 3 is 2.46 bits per heavy atom. The highest BCUT2D eigenvalue weighted by Gasteiger charge is 2.33. The van der Waals surface area contributed by atoms with Crippen LogP contribution in [0.25, 0.3) is 16.9 Å². The van der Waals surface area contributed by atoms with Crippen LogP contribution in [0.15, 0.2) is 48.9 Å². The second-order valence-corrected chi connectivity index (χ2v) is 11.5. The number of hydrogen-bond acceptors (Lipinski definition) is 10. The Balaban J connectivity index is 0.00000107. The fourth-order valence-electron chi connectivity index (χ4n) is 5.90. The minimum absolute atomic E-state index is 0.0323. The molecule has 0 bridgehead atoms. The van der Waals surface area contributed by atoms with E-state index in [0.29, 0.717) is 60.5 Å². The summed E-state index contributed by atoms with van der Waals surface area (Å²) in [5, 5.41) is 29.1. The van der Waals surface area contributed by atoms with Crippen molar-refractivity contribution in [2.75, 3.05) is 51.8 Å². The van der Waals surface area contributed by atoms with Crippen molar-refractivity contribution in [3.8, 4) is 23.1 Å². The summed E-state index contributed by atoms with van der Waals surface area (Å²) in [6.45, 7) is 6.15. The van der Waals surface area contributed by atoms with Crippen molar-refractivity contribution >= 4 is 35.4 Å². The van der Waals surface area contributed by atoms with E-state index in [4.69, 9.17) is 25.0 Å². The first-order chi connectivity index (χ1) is 24.2. The molecule has 2 aromatic carbocycles. The molecule has 2 fully saturated rings. The summed E-state index contributed by atoms with van der Waals surface area (Å²) in [5.41, 5.74) is 2.64. The molecule has 16 heteroatoms. The van der Waals surface area contributed by atoms with Crippen LogP contribution >= 0.6 is 0 Å². The number of anilines is 2. The molecule has 2 aromatic heterocycles. The fourth-order valence-corrected chi connectivity index (χ4v) is 5.90. The number of fused-ring (bicyclic) bond motifs is 1. The Bertz CT molecular complexity index is 1870. The van der Waals surface area contributed by atoms with Gasteiger partial charge in [-0.2, -0.15) is 9.65 Å². The number of aliphatic hydroxyl groups excluding tert-OH is 1. The van der Waals surface area contributed by atoms with Gasteiger partial charge in [0.05, 0.1) is 17.9 Å². The number of carboxylic acid groups (broad SMARTS) is 1. The van der Waals surface area contributed by atoms with Crippen molar-refractivity contribution in [3.05, 3.63) is 71.7 Å². The quantitative estimate of drug-likeness (QED) is 0.209. The number of aryl methyl sites for hydroxylation is 1. The highest BCUT2D eigenvalue weighted by atomic mass is 19.2. The molecule has 2 amide bonds. The van der Waals surface area contributed by atoms with Crippen LogP contribution in [0.1, 0.15) is 29.3 Å². The summed E-state index contributed by atoms with van der Waals surface area (Å²) in [6, 6.07) is 9.59. The lowest BCUT2D eigenvalue weighted by molar-refractivity contribution is -0.134. The van der Waals surface area contributed by atoms with Gasteiger partial charge in [-0.25, -0.2) is 14.4 Å². The van der Waals surface area contributed by atoms with Crippen molar-refractivity contribution in [3.63, 3.8) is 0 Å². The first kappa shape index (κ1) is 37.2. The number of nitrogens with one attached hydrogen (secondary N) is 2. The predicted molar refractivity (Wildman–Crippen MR) is 179 cm³/mol. The van der Waals surface area contributed by atoms with E-state index in [1.54, 1.807) is 33.7 Å². The Hall–Kier alpha value is -5.66. The van der Waals surface area contributed by atoms with Crippen LogP contribution < -0.4 is 15.4 Å². The second kappa shape index (κ2) is 17.1. The number of aliphatic hydroxyl groups is 1. The number of amides is 2. The fraction of sp³-hybridized carbons (Fsp3) is 0.353. The normalized spacial score (nSPS) is 16.7. The Labute approximate surface area is 286 Å². The van der Waals surface area contributed by atoms with E-state index in [2.05, 4.69) is 27.5 Å². The number of nitrogens with zero attached hydrogens (tertiary/aromatic N) is 6. The van der Waals surface area contributed by atoms with Crippen LogP contribution in [0, 0.1) is 35.8 Å². The maximum absolute atomic E-state index is 15.0. The zero-order valence-electron chi connectivity index (χ0n) is 27.8. The average molecular weight is 693 g/mol. The number of carbonyl (C=O) groups is 3. The number of imidazole rings is 1. The summed E-state index contributed by atoms with van der Waals surface area (Å²) in [5.74, 6) is -1.77. The van der Waals surface area contributed by atoms with Crippen LogP contribution in [-0.2, 0) is 9.59 Å². The van der Waals surface area contributed by atoms with Crippen molar-refractivity contribution < 1.29 is 38.1 Å². The van der Waals surface area contributed by atoms with Crippen molar-refractivity contribution in [2.45, 2.75) is 26.3 Å². The first-order valence-corrected chi connectivity index (χ1v) is 15.7. The van der Waals surface area contributed by atoms with Crippen molar-refractivity contribution in [1.82, 2.24) is 29.5 Å². The van der Waals surface area contributed by atoms with Gasteiger partial charge in [-0.3, -0.25) is 18.8 Å². The van der Waals surface area contributed by atoms with Gasteiger partial charge in [-0.1, -0.05) is 6.92 Å². The minimum atomic E-state index is -1.19. The third kappa shape index (κ3) is 8.13. The van der Waals surface area contributed by atoms with E-state index in [0.717, 1.165) is 25.6 Å². The summed E-state index contributed by atoms with van der Waals surface area (Å²) in [7, 11) is 1.00. The lowest BCUT2D eigenvalue weighted by Crippen LogP contribution is -2.54. The van der Waals surface area contributed by atoms with Gasteiger partial charge in [-0.15, -0.1) is 0 Å². The smallest absolute Gasteiger partial charge is 0.290 e. The molecule has 4 aromatic rings. The topological polar surface area (TPSA) is 185 Å². The molecule has 4 N–H and O–H groups in total. The Morgan fingerprint density at radius 2 is 1.82 bits per heavy atom. The monoisotopic (exact) mass is 692 g/mol. The molecular formula is C34H38F2N8O6. The van der Waals surface area contributed by atoms with Gasteiger partial charge < -0.3 is 35.4 Å². The van der Waals surface area contributed by atoms with E-state index in [9.17, 15) is 18.4 Å². The van der Waals surface area contributed by atoms with Crippen molar-refractivity contribution in [2.24, 2.45) is 5.92 Å². The maximum Gasteiger partial charge on any atom is 0.290 e. The largest absolute Gasteiger partial charge is 0.483 e. The van der Waals surface area contributed by atoms with Gasteiger partial charge in [0.15, 0.2) is 29.6 Å². The zero-order valence-corrected chi connectivity index (χ0v) is 27.8. The lowest BCUT2D eigenvalue weighted by atomic mass is 10.1. The third-order valence-corrected chi connectivity index (χ3v) is 8.29.